The van der Waals surface area contributed by atoms with Gasteiger partial charge < -0.3 is 15.8 Å². The Morgan fingerprint density at radius 2 is 1.76 bits per heavy atom. The van der Waals surface area contributed by atoms with Crippen LogP contribution in [0.2, 0.25) is 0 Å². The first-order chi connectivity index (χ1) is 11.3. The molecule has 0 radical (unpaired) electrons. The van der Waals surface area contributed by atoms with Gasteiger partial charge in [-0.3, -0.25) is 4.99 Å². The van der Waals surface area contributed by atoms with Crippen molar-refractivity contribution in [3.05, 3.63) is 59.7 Å². The number of halogens is 4. The number of aliphatic imine (C=N–C) groups is 1. The zero-order valence-electron chi connectivity index (χ0n) is 13.5. The predicted octanol–water partition coefficient (Wildman–Crippen LogP) is 4.48. The van der Waals surface area contributed by atoms with Crippen LogP contribution in [-0.4, -0.2) is 18.9 Å². The van der Waals surface area contributed by atoms with Crippen molar-refractivity contribution < 1.29 is 17.9 Å². The predicted molar refractivity (Wildman–Crippen MR) is 104 cm³/mol. The molecule has 0 amide bonds. The molecule has 4 nitrogen and oxygen atoms in total. The van der Waals surface area contributed by atoms with Gasteiger partial charge in [0.2, 0.25) is 0 Å². The third-order valence-electron chi connectivity index (χ3n) is 3.28. The first-order valence-corrected chi connectivity index (χ1v) is 7.31. The minimum Gasteiger partial charge on any atom is -0.406 e. The van der Waals surface area contributed by atoms with E-state index >= 15 is 0 Å². The Morgan fingerprint density at radius 1 is 1.12 bits per heavy atom. The van der Waals surface area contributed by atoms with Gasteiger partial charge in [-0.1, -0.05) is 24.3 Å². The highest BCUT2D eigenvalue weighted by Gasteiger charge is 2.30. The third-order valence-corrected chi connectivity index (χ3v) is 3.28. The van der Waals surface area contributed by atoms with Gasteiger partial charge in [-0.05, 0) is 48.7 Å². The maximum atomic E-state index is 12.1. The van der Waals surface area contributed by atoms with E-state index in [-0.39, 0.29) is 35.7 Å². The van der Waals surface area contributed by atoms with E-state index in [1.54, 1.807) is 0 Å². The molecule has 136 valence electrons. The van der Waals surface area contributed by atoms with Crippen LogP contribution < -0.4 is 15.8 Å². The van der Waals surface area contributed by atoms with Crippen molar-refractivity contribution in [2.45, 2.75) is 19.7 Å². The van der Waals surface area contributed by atoms with Crippen LogP contribution in [0.4, 0.5) is 18.9 Å². The number of hydrogen-bond acceptors (Lipinski definition) is 2. The van der Waals surface area contributed by atoms with Crippen LogP contribution in [0.25, 0.3) is 0 Å². The van der Waals surface area contributed by atoms with Crippen LogP contribution in [0.1, 0.15) is 11.1 Å². The van der Waals surface area contributed by atoms with Crippen molar-refractivity contribution >= 4 is 35.6 Å². The first-order valence-electron chi connectivity index (χ1n) is 7.31. The topological polar surface area (TPSA) is 59.6 Å². The molecule has 25 heavy (non-hydrogen) atoms. The molecular weight excluding hydrogens is 446 g/mol. The average Bonchev–Trinajstić information content (AvgIpc) is 2.50. The van der Waals surface area contributed by atoms with E-state index in [1.807, 2.05) is 31.2 Å². The molecule has 0 saturated heterocycles. The highest BCUT2D eigenvalue weighted by atomic mass is 127. The normalized spacial score (nSPS) is 11.6. The Labute approximate surface area is 161 Å². The van der Waals surface area contributed by atoms with E-state index in [4.69, 9.17) is 5.73 Å². The molecule has 3 N–H and O–H groups in total. The molecule has 0 spiro atoms. The van der Waals surface area contributed by atoms with Gasteiger partial charge in [0.1, 0.15) is 5.75 Å². The maximum absolute atomic E-state index is 12.1. The number of hydrogen-bond donors (Lipinski definition) is 2. The SMILES string of the molecule is Cc1ccccc1CCN=C(N)Nc1ccc(OC(F)(F)F)cc1.I. The Kier molecular flexibility index (Phi) is 8.01. The molecule has 0 aliphatic rings. The number of guanidine groups is 1. The van der Waals surface area contributed by atoms with Gasteiger partial charge in [0.15, 0.2) is 5.96 Å². The minimum atomic E-state index is -4.70. The lowest BCUT2D eigenvalue weighted by Crippen LogP contribution is -2.23. The van der Waals surface area contributed by atoms with Crippen LogP contribution in [0.15, 0.2) is 53.5 Å². The maximum Gasteiger partial charge on any atom is 0.573 e. The molecule has 2 rings (SSSR count). The molecule has 0 unspecified atom stereocenters. The van der Waals surface area contributed by atoms with Gasteiger partial charge in [-0.15, -0.1) is 37.1 Å². The molecule has 0 aromatic heterocycles. The zero-order chi connectivity index (χ0) is 17.6. The Morgan fingerprint density at radius 3 is 2.36 bits per heavy atom. The van der Waals surface area contributed by atoms with E-state index in [9.17, 15) is 13.2 Å². The number of nitrogens with zero attached hydrogens (tertiary/aromatic N) is 1. The molecule has 0 aliphatic carbocycles. The fourth-order valence-electron chi connectivity index (χ4n) is 2.11. The quantitative estimate of drug-likeness (QED) is 0.389. The van der Waals surface area contributed by atoms with Crippen molar-refractivity contribution in [2.24, 2.45) is 10.7 Å². The number of ether oxygens (including phenoxy) is 1. The summed E-state index contributed by atoms with van der Waals surface area (Å²) in [5, 5.41) is 2.82. The number of nitrogens with two attached hydrogens (primary N) is 1. The monoisotopic (exact) mass is 465 g/mol. The fraction of sp³-hybridized carbons (Fsp3) is 0.235. The Hall–Kier alpha value is -1.97. The van der Waals surface area contributed by atoms with Crippen molar-refractivity contribution in [2.75, 3.05) is 11.9 Å². The van der Waals surface area contributed by atoms with Crippen LogP contribution >= 0.6 is 24.0 Å². The van der Waals surface area contributed by atoms with Crippen LogP contribution in [0.3, 0.4) is 0 Å². The van der Waals surface area contributed by atoms with Crippen LogP contribution in [-0.2, 0) is 6.42 Å². The van der Waals surface area contributed by atoms with E-state index in [0.717, 1.165) is 6.42 Å². The summed E-state index contributed by atoms with van der Waals surface area (Å²) in [6.07, 6.45) is -3.95. The second-order valence-electron chi connectivity index (χ2n) is 5.14. The Balaban J connectivity index is 0.00000312. The standard InChI is InChI=1S/C17H18F3N3O.HI/c1-12-4-2-3-5-13(12)10-11-22-16(21)23-14-6-8-15(9-7-14)24-17(18,19)20;/h2-9H,10-11H2,1H3,(H3,21,22,23);1H. The van der Waals surface area contributed by atoms with E-state index in [0.29, 0.717) is 12.2 Å². The second-order valence-corrected chi connectivity index (χ2v) is 5.14. The van der Waals surface area contributed by atoms with E-state index < -0.39 is 6.36 Å². The van der Waals surface area contributed by atoms with Crippen molar-refractivity contribution in [3.63, 3.8) is 0 Å². The molecule has 8 heteroatoms. The first kappa shape index (κ1) is 21.1. The van der Waals surface area contributed by atoms with Crippen molar-refractivity contribution in [1.82, 2.24) is 0 Å². The summed E-state index contributed by atoms with van der Waals surface area (Å²) in [6, 6.07) is 13.3. The summed E-state index contributed by atoms with van der Waals surface area (Å²) in [4.78, 5) is 4.21. The van der Waals surface area contributed by atoms with Crippen molar-refractivity contribution in [1.29, 1.82) is 0 Å². The molecule has 2 aromatic carbocycles. The summed E-state index contributed by atoms with van der Waals surface area (Å²) < 4.78 is 40.0. The fourth-order valence-corrected chi connectivity index (χ4v) is 2.11. The summed E-state index contributed by atoms with van der Waals surface area (Å²) >= 11 is 0. The van der Waals surface area contributed by atoms with E-state index in [1.165, 1.54) is 35.4 Å². The lowest BCUT2D eigenvalue weighted by Gasteiger charge is -2.10. The highest BCUT2D eigenvalue weighted by molar-refractivity contribution is 14.0. The van der Waals surface area contributed by atoms with Crippen LogP contribution in [0, 0.1) is 6.92 Å². The van der Waals surface area contributed by atoms with Crippen molar-refractivity contribution in [3.8, 4) is 5.75 Å². The summed E-state index contributed by atoms with van der Waals surface area (Å²) in [5.41, 5.74) is 8.70. The zero-order valence-corrected chi connectivity index (χ0v) is 15.8. The lowest BCUT2D eigenvalue weighted by molar-refractivity contribution is -0.274. The third kappa shape index (κ3) is 7.63. The summed E-state index contributed by atoms with van der Waals surface area (Å²) in [6.45, 7) is 2.55. The number of rotatable bonds is 5. The van der Waals surface area contributed by atoms with Crippen LogP contribution in [0.5, 0.6) is 5.75 Å². The minimum absolute atomic E-state index is 0. The van der Waals surface area contributed by atoms with Gasteiger partial charge in [-0.2, -0.15) is 0 Å². The second kappa shape index (κ2) is 9.50. The van der Waals surface area contributed by atoms with E-state index in [2.05, 4.69) is 15.0 Å². The molecule has 0 heterocycles. The highest BCUT2D eigenvalue weighted by Crippen LogP contribution is 2.23. The molecule has 0 atom stereocenters. The number of aryl methyl sites for hydroxylation is 1. The van der Waals surface area contributed by atoms with Gasteiger partial charge >= 0.3 is 6.36 Å². The van der Waals surface area contributed by atoms with Gasteiger partial charge in [-0.25, -0.2) is 0 Å². The smallest absolute Gasteiger partial charge is 0.406 e. The number of nitrogens with one attached hydrogen (secondary N) is 1. The largest absolute Gasteiger partial charge is 0.573 e. The van der Waals surface area contributed by atoms with Gasteiger partial charge in [0.05, 0.1) is 0 Å². The summed E-state index contributed by atoms with van der Waals surface area (Å²) in [7, 11) is 0. The summed E-state index contributed by atoms with van der Waals surface area (Å²) in [5.74, 6) is -0.0869. The molecule has 0 bridgehead atoms. The molecule has 0 fully saturated rings. The van der Waals surface area contributed by atoms with Gasteiger partial charge in [0, 0.05) is 12.2 Å². The molecule has 0 aliphatic heterocycles. The number of alkyl halides is 3. The lowest BCUT2D eigenvalue weighted by atomic mass is 10.1. The molecular formula is C17H19F3IN3O. The molecule has 0 saturated carbocycles. The number of benzene rings is 2. The average molecular weight is 465 g/mol. The van der Waals surface area contributed by atoms with Gasteiger partial charge in [0.25, 0.3) is 0 Å². The number of anilines is 1. The molecule has 2 aromatic rings. The Bertz CT molecular complexity index is 703.